The van der Waals surface area contributed by atoms with Crippen molar-refractivity contribution in [3.63, 3.8) is 0 Å². The third-order valence-electron chi connectivity index (χ3n) is 4.86. The molecule has 0 spiro atoms. The number of fused-ring (bicyclic) bond motifs is 1. The molecule has 3 aromatic heterocycles. The maximum atomic E-state index is 5.61. The van der Waals surface area contributed by atoms with Gasteiger partial charge in [-0.1, -0.05) is 0 Å². The van der Waals surface area contributed by atoms with E-state index in [4.69, 9.17) is 19.1 Å². The van der Waals surface area contributed by atoms with E-state index in [1.807, 2.05) is 33.2 Å². The first-order valence-corrected chi connectivity index (χ1v) is 9.25. The van der Waals surface area contributed by atoms with Crippen LogP contribution in [0.5, 0.6) is 0 Å². The molecule has 0 amide bonds. The van der Waals surface area contributed by atoms with E-state index >= 15 is 0 Å². The lowest BCUT2D eigenvalue weighted by Crippen LogP contribution is -2.37. The molecule has 27 heavy (non-hydrogen) atoms. The van der Waals surface area contributed by atoms with E-state index in [1.54, 1.807) is 6.26 Å². The molecular formula is C19H26N6O2. The van der Waals surface area contributed by atoms with Gasteiger partial charge < -0.3 is 24.4 Å². The van der Waals surface area contributed by atoms with Crippen LogP contribution in [-0.4, -0.2) is 66.8 Å². The molecule has 8 nitrogen and oxygen atoms in total. The summed E-state index contributed by atoms with van der Waals surface area (Å²) in [5.74, 6) is 2.50. The van der Waals surface area contributed by atoms with Gasteiger partial charge in [-0.15, -0.1) is 0 Å². The Bertz CT molecular complexity index is 883. The van der Waals surface area contributed by atoms with Gasteiger partial charge in [-0.2, -0.15) is 9.97 Å². The fourth-order valence-electron chi connectivity index (χ4n) is 3.38. The van der Waals surface area contributed by atoms with Crippen molar-refractivity contribution in [2.24, 2.45) is 0 Å². The lowest BCUT2D eigenvalue weighted by atomic mass is 10.2. The minimum absolute atomic E-state index is 0.108. The lowest BCUT2D eigenvalue weighted by Gasteiger charge is -2.27. The zero-order valence-electron chi connectivity index (χ0n) is 16.0. The van der Waals surface area contributed by atoms with E-state index in [9.17, 15) is 0 Å². The van der Waals surface area contributed by atoms with Crippen molar-refractivity contribution in [1.82, 2.24) is 19.9 Å². The molecule has 2 N–H and O–H groups in total. The molecule has 1 atom stereocenters. The van der Waals surface area contributed by atoms with Crippen LogP contribution in [0.3, 0.4) is 0 Å². The van der Waals surface area contributed by atoms with Crippen molar-refractivity contribution in [3.8, 4) is 0 Å². The molecule has 0 saturated carbocycles. The smallest absolute Gasteiger partial charge is 0.229 e. The molecule has 144 valence electrons. The molecule has 1 aliphatic rings. The van der Waals surface area contributed by atoms with Crippen molar-refractivity contribution < 1.29 is 9.15 Å². The summed E-state index contributed by atoms with van der Waals surface area (Å²) in [4.78, 5) is 17.2. The largest absolute Gasteiger partial charge is 0.468 e. The minimum Gasteiger partial charge on any atom is -0.468 e. The van der Waals surface area contributed by atoms with Gasteiger partial charge in [0, 0.05) is 25.3 Å². The van der Waals surface area contributed by atoms with Gasteiger partial charge in [-0.25, -0.2) is 0 Å². The number of aromatic nitrogens is 3. The van der Waals surface area contributed by atoms with Gasteiger partial charge in [0.15, 0.2) is 0 Å². The number of aryl methyl sites for hydroxylation is 1. The van der Waals surface area contributed by atoms with Crippen LogP contribution >= 0.6 is 0 Å². The number of aromatic amines is 1. The van der Waals surface area contributed by atoms with E-state index in [-0.39, 0.29) is 6.04 Å². The van der Waals surface area contributed by atoms with Crippen LogP contribution in [0.25, 0.3) is 11.0 Å². The van der Waals surface area contributed by atoms with Gasteiger partial charge in [-0.3, -0.25) is 4.90 Å². The normalized spacial score (nSPS) is 16.2. The van der Waals surface area contributed by atoms with E-state index in [0.29, 0.717) is 19.8 Å². The second-order valence-electron chi connectivity index (χ2n) is 7.06. The average Bonchev–Trinajstić information content (AvgIpc) is 3.31. The Morgan fingerprint density at radius 1 is 1.30 bits per heavy atom. The number of likely N-dealkylation sites (N-methyl/N-ethyl adjacent to an activating group) is 1. The number of anilines is 2. The van der Waals surface area contributed by atoms with Gasteiger partial charge in [0.05, 0.1) is 30.9 Å². The Kier molecular flexibility index (Phi) is 5.00. The van der Waals surface area contributed by atoms with Gasteiger partial charge in [0.25, 0.3) is 0 Å². The van der Waals surface area contributed by atoms with E-state index in [1.165, 1.54) is 0 Å². The summed E-state index contributed by atoms with van der Waals surface area (Å²) in [6.07, 6.45) is 1.71. The predicted molar refractivity (Wildman–Crippen MR) is 105 cm³/mol. The number of hydrogen-bond acceptors (Lipinski definition) is 7. The number of H-pyrrole nitrogens is 1. The fraction of sp³-hybridized carbons (Fsp3) is 0.474. The van der Waals surface area contributed by atoms with Crippen molar-refractivity contribution in [3.05, 3.63) is 35.9 Å². The van der Waals surface area contributed by atoms with E-state index < -0.39 is 0 Å². The molecule has 1 fully saturated rings. The molecule has 4 rings (SSSR count). The van der Waals surface area contributed by atoms with Gasteiger partial charge in [-0.05, 0) is 39.2 Å². The molecule has 1 aliphatic heterocycles. The molecular weight excluding hydrogens is 344 g/mol. The number of ether oxygens (including phenoxy) is 1. The van der Waals surface area contributed by atoms with Crippen LogP contribution in [0.1, 0.15) is 17.5 Å². The monoisotopic (exact) mass is 370 g/mol. The van der Waals surface area contributed by atoms with Gasteiger partial charge in [0.2, 0.25) is 5.95 Å². The molecule has 0 radical (unpaired) electrons. The number of nitrogens with one attached hydrogen (secondary N) is 2. The zero-order valence-corrected chi connectivity index (χ0v) is 16.0. The minimum atomic E-state index is 0.108. The van der Waals surface area contributed by atoms with Crippen LogP contribution in [0.15, 0.2) is 28.9 Å². The van der Waals surface area contributed by atoms with Crippen LogP contribution in [-0.2, 0) is 4.74 Å². The van der Waals surface area contributed by atoms with Crippen molar-refractivity contribution >= 4 is 22.8 Å². The molecule has 1 unspecified atom stereocenters. The first-order valence-electron chi connectivity index (χ1n) is 9.25. The molecule has 0 bridgehead atoms. The molecule has 1 saturated heterocycles. The molecule has 8 heteroatoms. The second kappa shape index (κ2) is 7.58. The number of morpholine rings is 1. The third-order valence-corrected chi connectivity index (χ3v) is 4.86. The zero-order chi connectivity index (χ0) is 18.8. The molecule has 0 aliphatic carbocycles. The number of furan rings is 1. The topological polar surface area (TPSA) is 82.5 Å². The van der Waals surface area contributed by atoms with Gasteiger partial charge in [0.1, 0.15) is 17.2 Å². The highest BCUT2D eigenvalue weighted by Crippen LogP contribution is 2.26. The summed E-state index contributed by atoms with van der Waals surface area (Å²) in [5, 5.41) is 4.52. The summed E-state index contributed by atoms with van der Waals surface area (Å²) in [7, 11) is 4.09. The predicted octanol–water partition coefficient (Wildman–Crippen LogP) is 2.41. The summed E-state index contributed by atoms with van der Waals surface area (Å²) in [5.41, 5.74) is 1.92. The second-order valence-corrected chi connectivity index (χ2v) is 7.06. The summed E-state index contributed by atoms with van der Waals surface area (Å²) in [6, 6.07) is 6.11. The van der Waals surface area contributed by atoms with E-state index in [2.05, 4.69) is 26.2 Å². The fourth-order valence-corrected chi connectivity index (χ4v) is 3.38. The van der Waals surface area contributed by atoms with Crippen LogP contribution in [0, 0.1) is 6.92 Å². The third kappa shape index (κ3) is 3.77. The summed E-state index contributed by atoms with van der Waals surface area (Å²) >= 11 is 0. The quantitative estimate of drug-likeness (QED) is 0.689. The number of rotatable bonds is 6. The molecule has 4 heterocycles. The van der Waals surface area contributed by atoms with E-state index in [0.717, 1.165) is 47.3 Å². The van der Waals surface area contributed by atoms with Crippen molar-refractivity contribution in [1.29, 1.82) is 0 Å². The van der Waals surface area contributed by atoms with Crippen LogP contribution in [0.4, 0.5) is 11.8 Å². The Hall–Kier alpha value is -2.58. The standard InChI is InChI=1S/C19H26N6O2/c1-13-11-14-17(20-12-15(24(2)3)16-5-4-8-27-16)22-19(23-18(14)21-13)25-6-9-26-10-7-25/h4-5,8,11,15H,6-7,9-10,12H2,1-3H3,(H2,20,21,22,23). The number of hydrogen-bond donors (Lipinski definition) is 2. The average molecular weight is 370 g/mol. The number of nitrogens with zero attached hydrogens (tertiary/aromatic N) is 4. The highest BCUT2D eigenvalue weighted by atomic mass is 16.5. The molecule has 0 aromatic carbocycles. The van der Waals surface area contributed by atoms with Crippen LogP contribution < -0.4 is 10.2 Å². The Balaban J connectivity index is 1.63. The maximum absolute atomic E-state index is 5.61. The Labute approximate surface area is 158 Å². The Morgan fingerprint density at radius 3 is 2.81 bits per heavy atom. The molecule has 3 aromatic rings. The van der Waals surface area contributed by atoms with Crippen molar-refractivity contribution in [2.45, 2.75) is 13.0 Å². The summed E-state index contributed by atoms with van der Waals surface area (Å²) in [6.45, 7) is 5.73. The SMILES string of the molecule is Cc1cc2c(NCC(c3ccco3)N(C)C)nc(N3CCOCC3)nc2[nH]1. The highest BCUT2D eigenvalue weighted by Gasteiger charge is 2.20. The summed E-state index contributed by atoms with van der Waals surface area (Å²) < 4.78 is 11.1. The highest BCUT2D eigenvalue weighted by molar-refractivity contribution is 5.89. The Morgan fingerprint density at radius 2 is 2.11 bits per heavy atom. The first-order chi connectivity index (χ1) is 13.1. The van der Waals surface area contributed by atoms with Crippen LogP contribution in [0.2, 0.25) is 0 Å². The maximum Gasteiger partial charge on any atom is 0.229 e. The van der Waals surface area contributed by atoms with Crippen molar-refractivity contribution in [2.75, 3.05) is 57.2 Å². The van der Waals surface area contributed by atoms with Gasteiger partial charge >= 0.3 is 0 Å². The lowest BCUT2D eigenvalue weighted by molar-refractivity contribution is 0.122. The first kappa shape index (κ1) is 17.8.